The summed E-state index contributed by atoms with van der Waals surface area (Å²) in [5, 5.41) is 11.3. The van der Waals surface area contributed by atoms with Gasteiger partial charge in [0.15, 0.2) is 11.5 Å². The summed E-state index contributed by atoms with van der Waals surface area (Å²) in [6.07, 6.45) is 2.02. The molecule has 0 atom stereocenters. The molecule has 0 aliphatic rings. The number of esters is 1. The van der Waals surface area contributed by atoms with Gasteiger partial charge in [0.25, 0.3) is 0 Å². The molecule has 2 heterocycles. The largest absolute Gasteiger partial charge is 0.464 e. The highest BCUT2D eigenvalue weighted by atomic mass is 16.5. The molecule has 0 bridgehead atoms. The second-order valence-corrected chi connectivity index (χ2v) is 3.55. The molecule has 0 aliphatic heterocycles. The second-order valence-electron chi connectivity index (χ2n) is 3.55. The summed E-state index contributed by atoms with van der Waals surface area (Å²) in [6, 6.07) is 1.71. The van der Waals surface area contributed by atoms with Crippen molar-refractivity contribution in [2.75, 3.05) is 13.7 Å². The zero-order valence-corrected chi connectivity index (χ0v) is 9.87. The Morgan fingerprint density at radius 3 is 3.06 bits per heavy atom. The summed E-state index contributed by atoms with van der Waals surface area (Å²) in [6.45, 7) is 0.729. The molecule has 0 aromatic carbocycles. The number of nitrogens with two attached hydrogens (primary N) is 1. The summed E-state index contributed by atoms with van der Waals surface area (Å²) >= 11 is 0. The van der Waals surface area contributed by atoms with Gasteiger partial charge in [-0.15, -0.1) is 5.10 Å². The molecular formula is C10H13N5O3. The number of ether oxygens (including phenoxy) is 1. The first kappa shape index (κ1) is 12.2. The quantitative estimate of drug-likeness (QED) is 0.720. The Morgan fingerprint density at radius 2 is 2.44 bits per heavy atom. The minimum absolute atomic E-state index is 0.183. The minimum Gasteiger partial charge on any atom is -0.464 e. The summed E-state index contributed by atoms with van der Waals surface area (Å²) in [5.41, 5.74) is 6.32. The van der Waals surface area contributed by atoms with Crippen LogP contribution in [0.2, 0.25) is 0 Å². The number of carbonyl (C=O) groups is 1. The van der Waals surface area contributed by atoms with Crippen molar-refractivity contribution in [1.29, 1.82) is 0 Å². The van der Waals surface area contributed by atoms with Gasteiger partial charge >= 0.3 is 5.97 Å². The number of methoxy groups -OCH3 is 1. The lowest BCUT2D eigenvalue weighted by Gasteiger charge is -2.04. The molecule has 0 spiro atoms. The van der Waals surface area contributed by atoms with Crippen LogP contribution >= 0.6 is 0 Å². The summed E-state index contributed by atoms with van der Waals surface area (Å²) in [5.74, 6) is 0.0943. The van der Waals surface area contributed by atoms with E-state index in [-0.39, 0.29) is 5.69 Å². The van der Waals surface area contributed by atoms with Gasteiger partial charge in [-0.1, -0.05) is 10.4 Å². The van der Waals surface area contributed by atoms with E-state index in [0.717, 1.165) is 0 Å². The van der Waals surface area contributed by atoms with Crippen molar-refractivity contribution in [3.63, 3.8) is 0 Å². The molecule has 8 nitrogen and oxygen atoms in total. The van der Waals surface area contributed by atoms with E-state index in [4.69, 9.17) is 10.3 Å². The average Bonchev–Trinajstić information content (AvgIpc) is 3.01. The fraction of sp³-hybridized carbons (Fsp3) is 0.400. The van der Waals surface area contributed by atoms with E-state index in [1.807, 2.05) is 0 Å². The van der Waals surface area contributed by atoms with Crippen LogP contribution in [-0.2, 0) is 17.7 Å². The van der Waals surface area contributed by atoms with Crippen LogP contribution < -0.4 is 5.73 Å². The molecule has 0 radical (unpaired) electrons. The number of carbonyl (C=O) groups excluding carboxylic acids is 1. The lowest BCUT2D eigenvalue weighted by atomic mass is 10.2. The first-order valence-corrected chi connectivity index (χ1v) is 5.36. The Balaban J connectivity index is 2.29. The Kier molecular flexibility index (Phi) is 3.68. The predicted molar refractivity (Wildman–Crippen MR) is 59.7 cm³/mol. The Bertz CT molecular complexity index is 520. The average molecular weight is 251 g/mol. The Labute approximate surface area is 103 Å². The fourth-order valence-electron chi connectivity index (χ4n) is 1.57. The van der Waals surface area contributed by atoms with Crippen molar-refractivity contribution in [2.24, 2.45) is 5.73 Å². The lowest BCUT2D eigenvalue weighted by molar-refractivity contribution is 0.0592. The van der Waals surface area contributed by atoms with E-state index in [1.54, 1.807) is 10.7 Å². The highest BCUT2D eigenvalue weighted by Crippen LogP contribution is 2.10. The Hall–Kier alpha value is -2.22. The highest BCUT2D eigenvalue weighted by molar-refractivity contribution is 5.88. The maximum Gasteiger partial charge on any atom is 0.360 e. The van der Waals surface area contributed by atoms with E-state index in [1.165, 1.54) is 13.3 Å². The first-order valence-electron chi connectivity index (χ1n) is 5.36. The van der Waals surface area contributed by atoms with Gasteiger partial charge in [0, 0.05) is 12.5 Å². The van der Waals surface area contributed by atoms with Crippen LogP contribution in [0.25, 0.3) is 0 Å². The maximum atomic E-state index is 11.5. The van der Waals surface area contributed by atoms with Gasteiger partial charge in [0.05, 0.1) is 19.0 Å². The van der Waals surface area contributed by atoms with Gasteiger partial charge in [0.2, 0.25) is 0 Å². The van der Waals surface area contributed by atoms with Crippen molar-refractivity contribution in [1.82, 2.24) is 20.2 Å². The molecule has 0 saturated heterocycles. The van der Waals surface area contributed by atoms with Crippen LogP contribution in [-0.4, -0.2) is 39.8 Å². The SMILES string of the molecule is COC(=O)c1nnn(Cc2ccno2)c1CCN. The molecular weight excluding hydrogens is 238 g/mol. The van der Waals surface area contributed by atoms with Crippen molar-refractivity contribution in [3.05, 3.63) is 29.4 Å². The third-order valence-corrected chi connectivity index (χ3v) is 2.39. The zero-order chi connectivity index (χ0) is 13.0. The molecule has 0 fully saturated rings. The molecule has 8 heteroatoms. The fourth-order valence-corrected chi connectivity index (χ4v) is 1.57. The third kappa shape index (κ3) is 2.38. The topological polar surface area (TPSA) is 109 Å². The van der Waals surface area contributed by atoms with Crippen molar-refractivity contribution >= 4 is 5.97 Å². The summed E-state index contributed by atoms with van der Waals surface area (Å²) in [4.78, 5) is 11.5. The standard InChI is InChI=1S/C10H13N5O3/c1-17-10(16)9-8(2-4-11)15(14-13-9)6-7-3-5-12-18-7/h3,5H,2,4,6,11H2,1H3. The number of aromatic nitrogens is 4. The van der Waals surface area contributed by atoms with Crippen molar-refractivity contribution in [3.8, 4) is 0 Å². The number of nitrogens with zero attached hydrogens (tertiary/aromatic N) is 4. The van der Waals surface area contributed by atoms with E-state index >= 15 is 0 Å². The van der Waals surface area contributed by atoms with Gasteiger partial charge in [0.1, 0.15) is 6.54 Å². The monoisotopic (exact) mass is 251 g/mol. The normalized spacial score (nSPS) is 10.6. The second kappa shape index (κ2) is 5.41. The first-order chi connectivity index (χ1) is 8.76. The van der Waals surface area contributed by atoms with E-state index in [2.05, 4.69) is 20.2 Å². The van der Waals surface area contributed by atoms with Crippen molar-refractivity contribution < 1.29 is 14.1 Å². The van der Waals surface area contributed by atoms with Crippen LogP contribution in [0.15, 0.2) is 16.8 Å². The molecule has 0 amide bonds. The summed E-state index contributed by atoms with van der Waals surface area (Å²) < 4.78 is 11.2. The molecule has 0 unspecified atom stereocenters. The molecule has 2 N–H and O–H groups in total. The highest BCUT2D eigenvalue weighted by Gasteiger charge is 2.20. The van der Waals surface area contributed by atoms with E-state index in [9.17, 15) is 4.79 Å². The van der Waals surface area contributed by atoms with E-state index in [0.29, 0.717) is 31.0 Å². The third-order valence-electron chi connectivity index (χ3n) is 2.39. The molecule has 2 aromatic rings. The zero-order valence-electron chi connectivity index (χ0n) is 9.87. The van der Waals surface area contributed by atoms with Gasteiger partial charge in [-0.2, -0.15) is 0 Å². The summed E-state index contributed by atoms with van der Waals surface area (Å²) in [7, 11) is 1.30. The molecule has 96 valence electrons. The Morgan fingerprint density at radius 1 is 1.61 bits per heavy atom. The number of hydrogen-bond donors (Lipinski definition) is 1. The molecule has 0 aliphatic carbocycles. The molecule has 18 heavy (non-hydrogen) atoms. The van der Waals surface area contributed by atoms with Crippen molar-refractivity contribution in [2.45, 2.75) is 13.0 Å². The molecule has 2 aromatic heterocycles. The molecule has 2 rings (SSSR count). The lowest BCUT2D eigenvalue weighted by Crippen LogP contribution is -2.14. The van der Waals surface area contributed by atoms with E-state index < -0.39 is 5.97 Å². The smallest absolute Gasteiger partial charge is 0.360 e. The van der Waals surface area contributed by atoms with Crippen LogP contribution in [0.4, 0.5) is 0 Å². The minimum atomic E-state index is -0.526. The van der Waals surface area contributed by atoms with Crippen LogP contribution in [0.1, 0.15) is 21.9 Å². The van der Waals surface area contributed by atoms with Crippen LogP contribution in [0, 0.1) is 0 Å². The number of hydrogen-bond acceptors (Lipinski definition) is 7. The maximum absolute atomic E-state index is 11.5. The van der Waals surface area contributed by atoms with Crippen LogP contribution in [0.5, 0.6) is 0 Å². The predicted octanol–water partition coefficient (Wildman–Crippen LogP) is -0.398. The molecule has 0 saturated carbocycles. The van der Waals surface area contributed by atoms with Gasteiger partial charge in [-0.25, -0.2) is 9.48 Å². The van der Waals surface area contributed by atoms with Gasteiger partial charge in [-0.3, -0.25) is 0 Å². The number of rotatable bonds is 5. The van der Waals surface area contributed by atoms with Gasteiger partial charge < -0.3 is 15.0 Å². The van der Waals surface area contributed by atoms with Crippen LogP contribution in [0.3, 0.4) is 0 Å². The van der Waals surface area contributed by atoms with Gasteiger partial charge in [-0.05, 0) is 6.54 Å².